The van der Waals surface area contributed by atoms with E-state index in [1.165, 1.54) is 25.7 Å². The average molecular weight is 251 g/mol. The molecule has 1 aromatic rings. The highest BCUT2D eigenvalue weighted by atomic mass is 16.3. The first-order valence-corrected chi connectivity index (χ1v) is 7.12. The Morgan fingerprint density at radius 3 is 2.56 bits per heavy atom. The van der Waals surface area contributed by atoms with Crippen molar-refractivity contribution in [2.75, 3.05) is 6.54 Å². The van der Waals surface area contributed by atoms with Crippen LogP contribution in [0.15, 0.2) is 12.4 Å². The van der Waals surface area contributed by atoms with Gasteiger partial charge < -0.3 is 10.8 Å². The number of nitrogens with zero attached hydrogens (tertiary/aromatic N) is 2. The maximum atomic E-state index is 10.7. The molecular weight excluding hydrogens is 226 g/mol. The van der Waals surface area contributed by atoms with Crippen LogP contribution in [0.1, 0.15) is 57.1 Å². The maximum Gasteiger partial charge on any atom is 0.0888 e. The largest absolute Gasteiger partial charge is 0.388 e. The maximum absolute atomic E-state index is 10.7. The highest BCUT2D eigenvalue weighted by Gasteiger charge is 2.38. The second-order valence-electron chi connectivity index (χ2n) is 5.51. The van der Waals surface area contributed by atoms with Crippen LogP contribution in [0.2, 0.25) is 0 Å². The van der Waals surface area contributed by atoms with E-state index >= 15 is 0 Å². The molecule has 0 bridgehead atoms. The molecule has 0 radical (unpaired) electrons. The number of hydrogen-bond donors (Lipinski definition) is 2. The molecule has 0 aliphatic heterocycles. The molecule has 18 heavy (non-hydrogen) atoms. The summed E-state index contributed by atoms with van der Waals surface area (Å²) in [6.07, 6.45) is 10.2. The fraction of sp³-hybridized carbons (Fsp3) is 0.786. The summed E-state index contributed by atoms with van der Waals surface area (Å²) in [6.45, 7) is 3.45. The van der Waals surface area contributed by atoms with E-state index in [1.54, 1.807) is 6.20 Å². The third-order valence-electron chi connectivity index (χ3n) is 4.38. The van der Waals surface area contributed by atoms with Crippen molar-refractivity contribution in [2.24, 2.45) is 11.1 Å². The number of rotatable bonds is 4. The Morgan fingerprint density at radius 1 is 1.39 bits per heavy atom. The molecule has 4 heteroatoms. The summed E-state index contributed by atoms with van der Waals surface area (Å²) in [5.41, 5.74) is 6.78. The number of aromatic nitrogens is 2. The first kappa shape index (κ1) is 13.6. The van der Waals surface area contributed by atoms with Gasteiger partial charge in [0.15, 0.2) is 0 Å². The topological polar surface area (TPSA) is 64.1 Å². The summed E-state index contributed by atoms with van der Waals surface area (Å²) in [5.74, 6) is 0. The van der Waals surface area contributed by atoms with Crippen LogP contribution in [0, 0.1) is 5.41 Å². The van der Waals surface area contributed by atoms with E-state index in [2.05, 4.69) is 5.10 Å². The van der Waals surface area contributed by atoms with Gasteiger partial charge in [0.25, 0.3) is 0 Å². The molecular formula is C14H25N3O. The van der Waals surface area contributed by atoms with Crippen molar-refractivity contribution in [1.29, 1.82) is 0 Å². The third-order valence-corrected chi connectivity index (χ3v) is 4.38. The molecule has 2 rings (SSSR count). The molecule has 1 aliphatic rings. The van der Waals surface area contributed by atoms with Gasteiger partial charge >= 0.3 is 0 Å². The van der Waals surface area contributed by atoms with Gasteiger partial charge in [-0.1, -0.05) is 25.7 Å². The van der Waals surface area contributed by atoms with Crippen LogP contribution in [-0.2, 0) is 6.54 Å². The zero-order valence-corrected chi connectivity index (χ0v) is 11.3. The molecule has 1 aliphatic carbocycles. The highest BCUT2D eigenvalue weighted by molar-refractivity contribution is 5.13. The first-order chi connectivity index (χ1) is 8.72. The van der Waals surface area contributed by atoms with Crippen molar-refractivity contribution in [3.8, 4) is 0 Å². The van der Waals surface area contributed by atoms with Crippen LogP contribution in [0.3, 0.4) is 0 Å². The number of aliphatic hydroxyl groups is 1. The highest BCUT2D eigenvalue weighted by Crippen LogP contribution is 2.44. The molecule has 1 unspecified atom stereocenters. The van der Waals surface area contributed by atoms with E-state index in [0.29, 0.717) is 6.54 Å². The molecule has 1 atom stereocenters. The van der Waals surface area contributed by atoms with Crippen LogP contribution in [-0.4, -0.2) is 21.4 Å². The van der Waals surface area contributed by atoms with E-state index < -0.39 is 6.10 Å². The third kappa shape index (κ3) is 2.59. The molecule has 4 nitrogen and oxygen atoms in total. The summed E-state index contributed by atoms with van der Waals surface area (Å²) in [4.78, 5) is 0. The lowest BCUT2D eigenvalue weighted by Gasteiger charge is -2.36. The monoisotopic (exact) mass is 251 g/mol. The Hall–Kier alpha value is -0.870. The summed E-state index contributed by atoms with van der Waals surface area (Å²) >= 11 is 0. The number of nitrogens with two attached hydrogens (primary N) is 1. The van der Waals surface area contributed by atoms with Crippen LogP contribution in [0.4, 0.5) is 0 Å². The van der Waals surface area contributed by atoms with Gasteiger partial charge in [-0.2, -0.15) is 5.10 Å². The van der Waals surface area contributed by atoms with Crippen molar-refractivity contribution in [1.82, 2.24) is 9.78 Å². The van der Waals surface area contributed by atoms with Crippen molar-refractivity contribution in [3.05, 3.63) is 18.0 Å². The van der Waals surface area contributed by atoms with Crippen molar-refractivity contribution in [2.45, 2.75) is 58.1 Å². The Balaban J connectivity index is 2.19. The van der Waals surface area contributed by atoms with E-state index in [-0.39, 0.29) is 5.41 Å². The van der Waals surface area contributed by atoms with E-state index in [4.69, 9.17) is 5.73 Å². The van der Waals surface area contributed by atoms with Crippen molar-refractivity contribution in [3.63, 3.8) is 0 Å². The minimum Gasteiger partial charge on any atom is -0.388 e. The molecule has 1 heterocycles. The Bertz CT molecular complexity index is 367. The standard InChI is InChI=1S/C14H25N3O/c1-2-17-10-12(9-16-17)13(18)14(11-15)7-5-3-4-6-8-14/h9-10,13,18H,2-8,11,15H2,1H3. The number of aryl methyl sites for hydroxylation is 1. The van der Waals surface area contributed by atoms with Gasteiger partial charge in [-0.15, -0.1) is 0 Å². The minimum absolute atomic E-state index is 0.141. The van der Waals surface area contributed by atoms with Crippen molar-refractivity contribution >= 4 is 0 Å². The molecule has 0 spiro atoms. The normalized spacial score (nSPS) is 21.5. The van der Waals surface area contributed by atoms with Gasteiger partial charge in [0.05, 0.1) is 12.3 Å². The quantitative estimate of drug-likeness (QED) is 0.807. The van der Waals surface area contributed by atoms with Crippen LogP contribution in [0.25, 0.3) is 0 Å². The van der Waals surface area contributed by atoms with Crippen molar-refractivity contribution < 1.29 is 5.11 Å². The smallest absolute Gasteiger partial charge is 0.0888 e. The summed E-state index contributed by atoms with van der Waals surface area (Å²) in [6, 6.07) is 0. The van der Waals surface area contributed by atoms with Gasteiger partial charge in [0.1, 0.15) is 0 Å². The summed E-state index contributed by atoms with van der Waals surface area (Å²) in [7, 11) is 0. The van der Waals surface area contributed by atoms with Gasteiger partial charge in [0, 0.05) is 30.3 Å². The van der Waals surface area contributed by atoms with E-state index in [9.17, 15) is 5.11 Å². The molecule has 0 aromatic carbocycles. The molecule has 1 aromatic heterocycles. The average Bonchev–Trinajstić information content (AvgIpc) is 2.75. The molecule has 0 saturated heterocycles. The fourth-order valence-corrected chi connectivity index (χ4v) is 3.07. The predicted octanol–water partition coefficient (Wildman–Crippen LogP) is 2.24. The second kappa shape index (κ2) is 5.85. The van der Waals surface area contributed by atoms with Crippen LogP contribution >= 0.6 is 0 Å². The SMILES string of the molecule is CCn1cc(C(O)C2(CN)CCCCCC2)cn1. The van der Waals surface area contributed by atoms with Crippen LogP contribution in [0.5, 0.6) is 0 Å². The Morgan fingerprint density at radius 2 is 2.06 bits per heavy atom. The predicted molar refractivity (Wildman–Crippen MR) is 72.1 cm³/mol. The Kier molecular flexibility index (Phi) is 4.40. The number of hydrogen-bond acceptors (Lipinski definition) is 3. The number of aliphatic hydroxyl groups excluding tert-OH is 1. The molecule has 1 saturated carbocycles. The van der Waals surface area contributed by atoms with E-state index in [0.717, 1.165) is 24.9 Å². The lowest BCUT2D eigenvalue weighted by Crippen LogP contribution is -2.36. The summed E-state index contributed by atoms with van der Waals surface area (Å²) in [5, 5.41) is 15.0. The molecule has 102 valence electrons. The molecule has 3 N–H and O–H groups in total. The minimum atomic E-state index is -0.471. The lowest BCUT2D eigenvalue weighted by atomic mass is 9.73. The van der Waals surface area contributed by atoms with Gasteiger partial charge in [0.2, 0.25) is 0 Å². The summed E-state index contributed by atoms with van der Waals surface area (Å²) < 4.78 is 1.86. The van der Waals surface area contributed by atoms with Gasteiger partial charge in [-0.25, -0.2) is 0 Å². The first-order valence-electron chi connectivity index (χ1n) is 7.12. The van der Waals surface area contributed by atoms with E-state index in [1.807, 2.05) is 17.8 Å². The molecule has 0 amide bonds. The second-order valence-corrected chi connectivity index (χ2v) is 5.51. The zero-order valence-electron chi connectivity index (χ0n) is 11.3. The lowest BCUT2D eigenvalue weighted by molar-refractivity contribution is 0.0166. The Labute approximate surface area is 109 Å². The van der Waals surface area contributed by atoms with Gasteiger partial charge in [-0.05, 0) is 19.8 Å². The van der Waals surface area contributed by atoms with Gasteiger partial charge in [-0.3, -0.25) is 4.68 Å². The zero-order chi connectivity index (χ0) is 13.0. The van der Waals surface area contributed by atoms with Crippen LogP contribution < -0.4 is 5.73 Å². The fourth-order valence-electron chi connectivity index (χ4n) is 3.07. The molecule has 1 fully saturated rings.